The summed E-state index contributed by atoms with van der Waals surface area (Å²) in [6.45, 7) is 2.45. The Morgan fingerprint density at radius 2 is 1.36 bits per heavy atom. The Morgan fingerprint density at radius 3 is 1.94 bits per heavy atom. The van der Waals surface area contributed by atoms with Crippen LogP contribution in [0.1, 0.15) is 41.0 Å². The van der Waals surface area contributed by atoms with Crippen LogP contribution in [0.5, 0.6) is 17.5 Å². The smallest absolute Gasteiger partial charge is 0.335 e. The predicted octanol–water partition coefficient (Wildman–Crippen LogP) is 1.82. The topological polar surface area (TPSA) is 167 Å². The molecule has 1 aliphatic rings. The number of aromatic amines is 2. The third kappa shape index (κ3) is 6.10. The van der Waals surface area contributed by atoms with Crippen LogP contribution in [0.3, 0.4) is 0 Å². The first-order valence-electron chi connectivity index (χ1n) is 14.7. The van der Waals surface area contributed by atoms with E-state index in [1.165, 1.54) is 60.5 Å². The Balaban J connectivity index is 1.67. The summed E-state index contributed by atoms with van der Waals surface area (Å²) in [5.41, 5.74) is -3.81. The first kappa shape index (κ1) is 31.9. The minimum atomic E-state index is -1.55. The van der Waals surface area contributed by atoms with E-state index in [0.29, 0.717) is 22.3 Å². The second-order valence-electron chi connectivity index (χ2n) is 11.2. The molecule has 1 unspecified atom stereocenters. The maximum Gasteiger partial charge on any atom is 0.335 e. The van der Waals surface area contributed by atoms with Crippen molar-refractivity contribution in [2.45, 2.75) is 25.3 Å². The molecule has 1 atom stereocenters. The zero-order valence-electron chi connectivity index (χ0n) is 25.0. The van der Waals surface area contributed by atoms with Crippen LogP contribution in [-0.2, 0) is 6.54 Å². The highest BCUT2D eigenvalue weighted by atomic mass is 35.5. The molecule has 2 aromatic heterocycles. The third-order valence-corrected chi connectivity index (χ3v) is 8.86. The molecule has 14 heteroatoms. The van der Waals surface area contributed by atoms with Crippen molar-refractivity contribution in [3.63, 3.8) is 0 Å². The van der Waals surface area contributed by atoms with E-state index in [4.69, 9.17) is 27.9 Å². The number of quaternary nitrogens is 1. The summed E-state index contributed by atoms with van der Waals surface area (Å²) in [5.74, 6) is -2.83. The molecule has 5 aromatic rings. The number of halogens is 2. The van der Waals surface area contributed by atoms with Crippen LogP contribution in [-0.4, -0.2) is 44.4 Å². The molecular weight excluding hydrogens is 649 g/mol. The van der Waals surface area contributed by atoms with Crippen LogP contribution >= 0.6 is 23.2 Å². The number of aromatic hydroxyl groups is 1. The van der Waals surface area contributed by atoms with Gasteiger partial charge in [0.15, 0.2) is 0 Å². The Labute approximate surface area is 276 Å². The molecule has 1 fully saturated rings. The number of hydrogen-bond acceptors (Lipinski definition) is 7. The quantitative estimate of drug-likeness (QED) is 0.194. The number of aromatic nitrogens is 4. The molecule has 0 bridgehead atoms. The van der Waals surface area contributed by atoms with Crippen LogP contribution in [0.25, 0.3) is 11.4 Å². The van der Waals surface area contributed by atoms with E-state index in [0.717, 1.165) is 40.6 Å². The van der Waals surface area contributed by atoms with E-state index in [-0.39, 0.29) is 16.9 Å². The van der Waals surface area contributed by atoms with Gasteiger partial charge >= 0.3 is 11.4 Å². The van der Waals surface area contributed by atoms with Crippen molar-refractivity contribution >= 4 is 23.2 Å². The fourth-order valence-corrected chi connectivity index (χ4v) is 6.40. The number of methoxy groups -OCH3 is 1. The first-order valence-corrected chi connectivity index (χ1v) is 15.5. The molecule has 4 N–H and O–H groups in total. The van der Waals surface area contributed by atoms with E-state index in [1.807, 2.05) is 0 Å². The number of ether oxygens (including phenoxy) is 1. The number of likely N-dealkylation sites (tertiary alicyclic amines) is 1. The van der Waals surface area contributed by atoms with E-state index >= 15 is 0 Å². The van der Waals surface area contributed by atoms with E-state index in [9.17, 15) is 29.4 Å². The van der Waals surface area contributed by atoms with Gasteiger partial charge in [-0.15, -0.1) is 0 Å². The van der Waals surface area contributed by atoms with Gasteiger partial charge in [0.25, 0.3) is 11.1 Å². The van der Waals surface area contributed by atoms with Gasteiger partial charge in [0.2, 0.25) is 5.88 Å². The van der Waals surface area contributed by atoms with E-state index in [1.54, 1.807) is 18.2 Å². The molecule has 12 nitrogen and oxygen atoms in total. The third-order valence-electron chi connectivity index (χ3n) is 8.36. The largest absolute Gasteiger partial charge is 0.859 e. The van der Waals surface area contributed by atoms with Gasteiger partial charge in [-0.3, -0.25) is 24.1 Å². The summed E-state index contributed by atoms with van der Waals surface area (Å²) in [7, 11) is 1.52. The van der Waals surface area contributed by atoms with Gasteiger partial charge in [0, 0.05) is 39.7 Å². The molecule has 3 aromatic carbocycles. The molecule has 1 aliphatic heterocycles. The molecule has 0 spiro atoms. The predicted molar refractivity (Wildman–Crippen MR) is 174 cm³/mol. The number of nitrogens with zero attached hydrogens (tertiary/aromatic N) is 2. The molecule has 242 valence electrons. The lowest BCUT2D eigenvalue weighted by Gasteiger charge is -2.27. The molecule has 6 rings (SSSR count). The molecule has 47 heavy (non-hydrogen) atoms. The number of benzene rings is 3. The summed E-state index contributed by atoms with van der Waals surface area (Å²) >= 11 is 12.1. The van der Waals surface area contributed by atoms with Crippen molar-refractivity contribution < 1.29 is 19.8 Å². The van der Waals surface area contributed by atoms with Gasteiger partial charge in [0.1, 0.15) is 12.3 Å². The SMILES string of the molecule is COc1ccc(C(c2c([O-])n(-c3ccc(Cl)cc3)c(=O)[nH]c2=O)c2c(O)n(-c3ccc(Cl)cc3)c(=O)[nH]c2=O)cc1C[NH+]1CCCC1. The number of hydrogen-bond donors (Lipinski definition) is 4. The molecule has 3 heterocycles. The van der Waals surface area contributed by atoms with Crippen LogP contribution in [0.4, 0.5) is 0 Å². The normalized spacial score (nSPS) is 13.9. The van der Waals surface area contributed by atoms with Gasteiger partial charge in [-0.05, 0) is 72.1 Å². The fraction of sp³-hybridized carbons (Fsp3) is 0.212. The molecule has 0 saturated carbocycles. The van der Waals surface area contributed by atoms with Crippen molar-refractivity contribution in [2.24, 2.45) is 0 Å². The van der Waals surface area contributed by atoms with E-state index < -0.39 is 51.3 Å². The standard InChI is InChI=1S/C33H29Cl2N5O7/c1-47-24-13-4-18(16-19(24)17-38-14-2-3-15-38)25(26-28(41)36-32(45)39(30(26)43)22-9-5-20(34)6-10-22)27-29(42)37-33(46)40(31(27)44)23-11-7-21(35)8-12-23/h4-13,16,25,43-44H,2-3,14-15,17H2,1H3,(H,36,41,45)(H,37,42,46). The Hall–Kier alpha value is -5.04. The van der Waals surface area contributed by atoms with Gasteiger partial charge in [-0.2, -0.15) is 0 Å². The highest BCUT2D eigenvalue weighted by Crippen LogP contribution is 2.38. The van der Waals surface area contributed by atoms with Gasteiger partial charge in [0.05, 0.1) is 37.4 Å². The highest BCUT2D eigenvalue weighted by Gasteiger charge is 2.32. The van der Waals surface area contributed by atoms with Crippen molar-refractivity contribution in [3.05, 3.63) is 141 Å². The monoisotopic (exact) mass is 677 g/mol. The minimum Gasteiger partial charge on any atom is -0.859 e. The Kier molecular flexibility index (Phi) is 8.82. The van der Waals surface area contributed by atoms with Crippen molar-refractivity contribution in [2.75, 3.05) is 20.2 Å². The number of H-pyrrole nitrogens is 2. The number of rotatable bonds is 8. The second-order valence-corrected chi connectivity index (χ2v) is 12.1. The van der Waals surface area contributed by atoms with Crippen molar-refractivity contribution in [1.82, 2.24) is 19.1 Å². The highest BCUT2D eigenvalue weighted by molar-refractivity contribution is 6.30. The van der Waals surface area contributed by atoms with Crippen LogP contribution in [0, 0.1) is 0 Å². The lowest BCUT2D eigenvalue weighted by molar-refractivity contribution is -0.901. The Morgan fingerprint density at radius 1 is 0.830 bits per heavy atom. The molecule has 0 aliphatic carbocycles. The molecular formula is C33H29Cl2N5O7. The van der Waals surface area contributed by atoms with Gasteiger partial charge in [-0.25, -0.2) is 14.2 Å². The van der Waals surface area contributed by atoms with Gasteiger partial charge < -0.3 is 19.8 Å². The van der Waals surface area contributed by atoms with Crippen LogP contribution in [0.2, 0.25) is 10.0 Å². The summed E-state index contributed by atoms with van der Waals surface area (Å²) in [4.78, 5) is 59.2. The average Bonchev–Trinajstić information content (AvgIpc) is 3.55. The van der Waals surface area contributed by atoms with Crippen LogP contribution in [0.15, 0.2) is 85.9 Å². The molecule has 1 saturated heterocycles. The molecule has 0 amide bonds. The maximum atomic E-state index is 14.3. The fourth-order valence-electron chi connectivity index (χ4n) is 6.15. The van der Waals surface area contributed by atoms with Crippen molar-refractivity contribution in [3.8, 4) is 28.9 Å². The molecule has 0 radical (unpaired) electrons. The summed E-state index contributed by atoms with van der Waals surface area (Å²) in [6.07, 6.45) is 2.13. The first-order chi connectivity index (χ1) is 22.6. The summed E-state index contributed by atoms with van der Waals surface area (Å²) in [5, 5.41) is 26.7. The minimum absolute atomic E-state index is 0.109. The van der Waals surface area contributed by atoms with E-state index in [2.05, 4.69) is 9.97 Å². The lowest BCUT2D eigenvalue weighted by Crippen LogP contribution is -3.08. The Bertz CT molecular complexity index is 2080. The maximum absolute atomic E-state index is 14.3. The zero-order chi connectivity index (χ0) is 33.4. The summed E-state index contributed by atoms with van der Waals surface area (Å²) in [6, 6.07) is 16.6. The average molecular weight is 679 g/mol. The van der Waals surface area contributed by atoms with Crippen LogP contribution < -0.4 is 37.2 Å². The number of nitrogens with one attached hydrogen (secondary N) is 3. The van der Waals surface area contributed by atoms with Gasteiger partial charge in [-0.1, -0.05) is 29.3 Å². The van der Waals surface area contributed by atoms with Crippen molar-refractivity contribution in [1.29, 1.82) is 0 Å². The second kappa shape index (κ2) is 13.0. The lowest BCUT2D eigenvalue weighted by atomic mass is 9.85. The zero-order valence-corrected chi connectivity index (χ0v) is 26.5. The summed E-state index contributed by atoms with van der Waals surface area (Å²) < 4.78 is 7.22.